The Hall–Kier alpha value is -4.64. The van der Waals surface area contributed by atoms with Crippen LogP contribution in [0.15, 0.2) is 106 Å². The number of hydrogen-bond acceptors (Lipinski definition) is 4. The van der Waals surface area contributed by atoms with E-state index in [1.807, 2.05) is 95.6 Å². The largest absolute Gasteiger partial charge is 0.462 e. The average molecular weight is 474 g/mol. The van der Waals surface area contributed by atoms with Crippen molar-refractivity contribution < 1.29 is 13.9 Å². The van der Waals surface area contributed by atoms with Crippen molar-refractivity contribution in [2.45, 2.75) is 13.5 Å². The smallest absolute Gasteiger partial charge is 0.361 e. The number of benzene rings is 4. The minimum atomic E-state index is -0.489. The highest BCUT2D eigenvalue weighted by molar-refractivity contribution is 6.20. The molecule has 4 aromatic carbocycles. The highest BCUT2D eigenvalue weighted by Gasteiger charge is 2.29. The fourth-order valence-corrected chi connectivity index (χ4v) is 5.04. The second-order valence-electron chi connectivity index (χ2n) is 8.65. The lowest BCUT2D eigenvalue weighted by atomic mass is 9.98. The topological polar surface area (TPSA) is 61.4 Å². The van der Waals surface area contributed by atoms with Gasteiger partial charge >= 0.3 is 11.6 Å². The van der Waals surface area contributed by atoms with Crippen molar-refractivity contribution in [3.05, 3.63) is 119 Å². The summed E-state index contributed by atoms with van der Waals surface area (Å²) in [4.78, 5) is 27.1. The van der Waals surface area contributed by atoms with Crippen LogP contribution < -0.4 is 5.63 Å². The molecule has 6 rings (SSSR count). The van der Waals surface area contributed by atoms with Crippen LogP contribution in [0.25, 0.3) is 43.9 Å². The van der Waals surface area contributed by atoms with E-state index < -0.39 is 11.6 Å². The normalized spacial score (nSPS) is 11.4. The number of aromatic nitrogens is 1. The highest BCUT2D eigenvalue weighted by atomic mass is 16.5. The molecule has 0 fully saturated rings. The number of ether oxygens (including phenoxy) is 1. The minimum absolute atomic E-state index is 0.221. The molecule has 2 heterocycles. The van der Waals surface area contributed by atoms with Crippen LogP contribution in [0.5, 0.6) is 0 Å². The van der Waals surface area contributed by atoms with Gasteiger partial charge < -0.3 is 13.7 Å². The summed E-state index contributed by atoms with van der Waals surface area (Å²) in [6.45, 7) is 2.39. The number of carbonyl (C=O) groups excluding carboxylic acids is 1. The van der Waals surface area contributed by atoms with Crippen molar-refractivity contribution in [2.24, 2.45) is 0 Å². The molecule has 0 unspecified atom stereocenters. The zero-order valence-corrected chi connectivity index (χ0v) is 19.7. The monoisotopic (exact) mass is 473 g/mol. The maximum atomic E-state index is 13.6. The van der Waals surface area contributed by atoms with Crippen molar-refractivity contribution in [3.8, 4) is 11.3 Å². The number of carbonyl (C=O) groups is 1. The van der Waals surface area contributed by atoms with E-state index in [1.54, 1.807) is 13.0 Å². The highest BCUT2D eigenvalue weighted by Crippen LogP contribution is 2.40. The van der Waals surface area contributed by atoms with Crippen LogP contribution in [0.3, 0.4) is 0 Å². The zero-order valence-electron chi connectivity index (χ0n) is 19.7. The molecule has 0 aliphatic rings. The fourth-order valence-electron chi connectivity index (χ4n) is 5.04. The molecule has 0 radical (unpaired) electrons. The molecule has 0 spiro atoms. The Morgan fingerprint density at radius 3 is 2.33 bits per heavy atom. The van der Waals surface area contributed by atoms with Crippen LogP contribution in [0.2, 0.25) is 0 Å². The number of fused-ring (bicyclic) bond motifs is 4. The van der Waals surface area contributed by atoms with E-state index >= 15 is 0 Å². The Labute approximate surface area is 207 Å². The van der Waals surface area contributed by atoms with Crippen LogP contribution in [-0.4, -0.2) is 17.1 Å². The van der Waals surface area contributed by atoms with Gasteiger partial charge in [0.15, 0.2) is 0 Å². The number of esters is 1. The quantitative estimate of drug-likeness (QED) is 0.204. The molecule has 2 aromatic heterocycles. The lowest BCUT2D eigenvalue weighted by molar-refractivity contribution is 0.0529. The third kappa shape index (κ3) is 3.48. The molecule has 36 heavy (non-hydrogen) atoms. The lowest BCUT2D eigenvalue weighted by Crippen LogP contribution is -2.10. The van der Waals surface area contributed by atoms with E-state index in [-0.39, 0.29) is 6.61 Å². The molecule has 0 aliphatic heterocycles. The Balaban J connectivity index is 1.84. The second kappa shape index (κ2) is 8.86. The van der Waals surface area contributed by atoms with Gasteiger partial charge in [-0.05, 0) is 29.3 Å². The van der Waals surface area contributed by atoms with E-state index in [1.165, 1.54) is 0 Å². The Morgan fingerprint density at radius 2 is 1.53 bits per heavy atom. The van der Waals surface area contributed by atoms with Crippen molar-refractivity contribution in [3.63, 3.8) is 0 Å². The van der Waals surface area contributed by atoms with Crippen LogP contribution in [0.1, 0.15) is 22.8 Å². The number of rotatable bonds is 5. The minimum Gasteiger partial charge on any atom is -0.462 e. The second-order valence-corrected chi connectivity index (χ2v) is 8.65. The average Bonchev–Trinajstić information content (AvgIpc) is 3.24. The van der Waals surface area contributed by atoms with Crippen LogP contribution in [0, 0.1) is 0 Å². The molecular weight excluding hydrogens is 450 g/mol. The first-order chi connectivity index (χ1) is 17.7. The molecule has 0 bridgehead atoms. The van der Waals surface area contributed by atoms with E-state index in [0.717, 1.165) is 21.9 Å². The summed E-state index contributed by atoms with van der Waals surface area (Å²) in [5, 5.41) is 3.28. The first-order valence-corrected chi connectivity index (χ1v) is 11.9. The molecule has 176 valence electrons. The first kappa shape index (κ1) is 21.9. The summed E-state index contributed by atoms with van der Waals surface area (Å²) < 4.78 is 13.2. The van der Waals surface area contributed by atoms with Crippen molar-refractivity contribution in [2.75, 3.05) is 6.61 Å². The third-order valence-electron chi connectivity index (χ3n) is 6.52. The molecule has 0 saturated carbocycles. The predicted octanol–water partition coefficient (Wildman–Crippen LogP) is 6.79. The van der Waals surface area contributed by atoms with Crippen LogP contribution in [0.4, 0.5) is 0 Å². The summed E-state index contributed by atoms with van der Waals surface area (Å²) in [5.41, 5.74) is 3.17. The van der Waals surface area contributed by atoms with E-state index in [4.69, 9.17) is 9.15 Å². The van der Waals surface area contributed by atoms with Gasteiger partial charge in [0, 0.05) is 22.9 Å². The third-order valence-corrected chi connectivity index (χ3v) is 6.52. The van der Waals surface area contributed by atoms with Crippen LogP contribution in [-0.2, 0) is 11.3 Å². The summed E-state index contributed by atoms with van der Waals surface area (Å²) in [6.07, 6.45) is 0. The van der Waals surface area contributed by atoms with E-state index in [2.05, 4.69) is 0 Å². The van der Waals surface area contributed by atoms with Gasteiger partial charge in [0.1, 0.15) is 11.1 Å². The van der Waals surface area contributed by atoms with Crippen molar-refractivity contribution in [1.29, 1.82) is 0 Å². The van der Waals surface area contributed by atoms with Crippen molar-refractivity contribution >= 4 is 38.6 Å². The summed E-state index contributed by atoms with van der Waals surface area (Å²) in [5.74, 6) is -0.465. The molecular formula is C31H23NO4. The van der Waals surface area contributed by atoms with Gasteiger partial charge in [0.25, 0.3) is 0 Å². The maximum Gasteiger partial charge on any atom is 0.361 e. The number of hydrogen-bond donors (Lipinski definition) is 0. The molecule has 0 amide bonds. The van der Waals surface area contributed by atoms with Gasteiger partial charge in [-0.2, -0.15) is 0 Å². The van der Waals surface area contributed by atoms with Gasteiger partial charge in [-0.1, -0.05) is 91.0 Å². The Morgan fingerprint density at radius 1 is 0.833 bits per heavy atom. The zero-order chi connectivity index (χ0) is 24.6. The van der Waals surface area contributed by atoms with Crippen LogP contribution >= 0.6 is 0 Å². The molecule has 0 saturated heterocycles. The summed E-state index contributed by atoms with van der Waals surface area (Å²) in [6, 6.07) is 31.2. The van der Waals surface area contributed by atoms with Gasteiger partial charge in [-0.3, -0.25) is 0 Å². The van der Waals surface area contributed by atoms with Gasteiger partial charge in [0.05, 0.1) is 17.9 Å². The van der Waals surface area contributed by atoms with Gasteiger partial charge in [-0.25, -0.2) is 9.59 Å². The standard InChI is InChI=1S/C31H23NO4/c1-2-35-30(33)27-26-24-16-8-9-18-25(24)36-31(34)29(26)32(19-20-11-4-3-5-12-20)28(27)23-17-10-14-21-13-6-7-15-22(21)23/h3-18H,2,19H2,1H3. The van der Waals surface area contributed by atoms with E-state index in [9.17, 15) is 9.59 Å². The molecule has 5 heteroatoms. The van der Waals surface area contributed by atoms with E-state index in [0.29, 0.717) is 39.7 Å². The predicted molar refractivity (Wildman–Crippen MR) is 142 cm³/mol. The van der Waals surface area contributed by atoms with Crippen molar-refractivity contribution in [1.82, 2.24) is 4.57 Å². The lowest BCUT2D eigenvalue weighted by Gasteiger charge is -2.14. The molecule has 0 aliphatic carbocycles. The summed E-state index contributed by atoms with van der Waals surface area (Å²) in [7, 11) is 0. The summed E-state index contributed by atoms with van der Waals surface area (Å²) >= 11 is 0. The molecule has 0 atom stereocenters. The number of nitrogens with zero attached hydrogens (tertiary/aromatic N) is 1. The van der Waals surface area contributed by atoms with Gasteiger partial charge in [0.2, 0.25) is 0 Å². The SMILES string of the molecule is CCOC(=O)c1c(-c2cccc3ccccc23)n(Cc2ccccc2)c2c(=O)oc3ccccc3c12. The van der Waals surface area contributed by atoms with Gasteiger partial charge in [-0.15, -0.1) is 0 Å². The molecule has 6 aromatic rings. The fraction of sp³-hybridized carbons (Fsp3) is 0.0968. The first-order valence-electron chi connectivity index (χ1n) is 11.9. The molecule has 5 nitrogen and oxygen atoms in total. The maximum absolute atomic E-state index is 13.6. The molecule has 0 N–H and O–H groups in total. The number of para-hydroxylation sites is 1. The Bertz CT molecular complexity index is 1810. The Kier molecular flexibility index (Phi) is 5.38.